The molecule has 0 bridgehead atoms. The van der Waals surface area contributed by atoms with E-state index >= 15 is 0 Å². The molecular formula is C13H23FN4. The number of nitrogens with zero attached hydrogens (tertiary/aromatic N) is 3. The topological polar surface area (TPSA) is 41.1 Å². The second-order valence-corrected chi connectivity index (χ2v) is 4.89. The maximum atomic E-state index is 13.8. The van der Waals surface area contributed by atoms with Crippen molar-refractivity contribution in [1.29, 1.82) is 0 Å². The summed E-state index contributed by atoms with van der Waals surface area (Å²) in [4.78, 5) is 10.0. The summed E-state index contributed by atoms with van der Waals surface area (Å²) in [6.07, 6.45) is 2.21. The lowest BCUT2D eigenvalue weighted by atomic mass is 10.1. The van der Waals surface area contributed by atoms with Gasteiger partial charge in [-0.2, -0.15) is 4.98 Å². The van der Waals surface area contributed by atoms with Gasteiger partial charge in [0.1, 0.15) is 0 Å². The molecule has 0 fully saturated rings. The molecule has 102 valence electrons. The highest BCUT2D eigenvalue weighted by Gasteiger charge is 2.19. The third-order valence-corrected chi connectivity index (χ3v) is 3.17. The van der Waals surface area contributed by atoms with E-state index in [0.717, 1.165) is 13.0 Å². The standard InChI is InChI=1S/C13H23FN4/c1-6-7-15-13-16-8-11(14)12(17-13)18(5)10(4)9(2)3/h8-10H,6-7H2,1-5H3,(H,15,16,17). The zero-order valence-electron chi connectivity index (χ0n) is 11.9. The smallest absolute Gasteiger partial charge is 0.224 e. The largest absolute Gasteiger partial charge is 0.354 e. The first-order valence-corrected chi connectivity index (χ1v) is 6.46. The Hall–Kier alpha value is -1.39. The Kier molecular flexibility index (Phi) is 5.31. The van der Waals surface area contributed by atoms with Crippen LogP contribution in [0.15, 0.2) is 6.20 Å². The predicted octanol–water partition coefficient (Wildman–Crippen LogP) is 2.92. The second-order valence-electron chi connectivity index (χ2n) is 4.89. The molecule has 0 aliphatic rings. The van der Waals surface area contributed by atoms with Gasteiger partial charge in [-0.05, 0) is 19.3 Å². The quantitative estimate of drug-likeness (QED) is 0.847. The maximum absolute atomic E-state index is 13.8. The van der Waals surface area contributed by atoms with Crippen LogP contribution in [0.1, 0.15) is 34.1 Å². The van der Waals surface area contributed by atoms with Crippen molar-refractivity contribution in [2.45, 2.75) is 40.2 Å². The van der Waals surface area contributed by atoms with Crippen molar-refractivity contribution in [3.8, 4) is 0 Å². The summed E-state index contributed by atoms with van der Waals surface area (Å²) >= 11 is 0. The first-order valence-electron chi connectivity index (χ1n) is 6.46. The summed E-state index contributed by atoms with van der Waals surface area (Å²) in [6.45, 7) is 9.12. The van der Waals surface area contributed by atoms with Crippen molar-refractivity contribution in [1.82, 2.24) is 9.97 Å². The summed E-state index contributed by atoms with van der Waals surface area (Å²) in [5, 5.41) is 3.07. The molecule has 0 spiro atoms. The van der Waals surface area contributed by atoms with Crippen molar-refractivity contribution >= 4 is 11.8 Å². The van der Waals surface area contributed by atoms with Crippen LogP contribution in [0.5, 0.6) is 0 Å². The minimum Gasteiger partial charge on any atom is -0.354 e. The van der Waals surface area contributed by atoms with Gasteiger partial charge in [0.05, 0.1) is 6.20 Å². The molecule has 1 N–H and O–H groups in total. The Morgan fingerprint density at radius 1 is 1.39 bits per heavy atom. The molecule has 0 saturated carbocycles. The maximum Gasteiger partial charge on any atom is 0.224 e. The Morgan fingerprint density at radius 3 is 2.61 bits per heavy atom. The van der Waals surface area contributed by atoms with E-state index in [-0.39, 0.29) is 11.9 Å². The minimum absolute atomic E-state index is 0.216. The molecule has 0 radical (unpaired) electrons. The highest BCUT2D eigenvalue weighted by Crippen LogP contribution is 2.20. The number of hydrogen-bond donors (Lipinski definition) is 1. The zero-order valence-corrected chi connectivity index (χ0v) is 11.9. The molecular weight excluding hydrogens is 231 g/mol. The van der Waals surface area contributed by atoms with Crippen LogP contribution >= 0.6 is 0 Å². The predicted molar refractivity (Wildman–Crippen MR) is 73.5 cm³/mol. The van der Waals surface area contributed by atoms with E-state index in [2.05, 4.69) is 43.0 Å². The molecule has 0 aliphatic carbocycles. The van der Waals surface area contributed by atoms with Gasteiger partial charge in [0, 0.05) is 19.6 Å². The second kappa shape index (κ2) is 6.52. The molecule has 1 aromatic rings. The fourth-order valence-electron chi connectivity index (χ4n) is 1.57. The number of nitrogens with one attached hydrogen (secondary N) is 1. The van der Waals surface area contributed by atoms with Crippen molar-refractivity contribution in [2.24, 2.45) is 5.92 Å². The number of aromatic nitrogens is 2. The van der Waals surface area contributed by atoms with Crippen LogP contribution in [0.4, 0.5) is 16.2 Å². The Balaban J connectivity index is 2.92. The van der Waals surface area contributed by atoms with Crippen LogP contribution in [0, 0.1) is 11.7 Å². The molecule has 0 saturated heterocycles. The number of rotatable bonds is 6. The lowest BCUT2D eigenvalue weighted by Gasteiger charge is -2.29. The van der Waals surface area contributed by atoms with Gasteiger partial charge in [0.25, 0.3) is 0 Å². The zero-order chi connectivity index (χ0) is 13.7. The van der Waals surface area contributed by atoms with Gasteiger partial charge in [-0.3, -0.25) is 0 Å². The van der Waals surface area contributed by atoms with Gasteiger partial charge >= 0.3 is 0 Å². The average Bonchev–Trinajstić information content (AvgIpc) is 2.36. The normalized spacial score (nSPS) is 12.6. The van der Waals surface area contributed by atoms with E-state index in [1.54, 1.807) is 0 Å². The average molecular weight is 254 g/mol. The van der Waals surface area contributed by atoms with Crippen LogP contribution in [0.2, 0.25) is 0 Å². The van der Waals surface area contributed by atoms with Gasteiger partial charge < -0.3 is 10.2 Å². The van der Waals surface area contributed by atoms with Gasteiger partial charge in [-0.25, -0.2) is 9.37 Å². The number of halogens is 1. The Labute approximate surface area is 109 Å². The van der Waals surface area contributed by atoms with Gasteiger partial charge in [0.2, 0.25) is 5.95 Å². The lowest BCUT2D eigenvalue weighted by molar-refractivity contribution is 0.492. The Morgan fingerprint density at radius 2 is 2.06 bits per heavy atom. The summed E-state index contributed by atoms with van der Waals surface area (Å²) in [6, 6.07) is 0.216. The van der Waals surface area contributed by atoms with E-state index < -0.39 is 0 Å². The molecule has 5 heteroatoms. The molecule has 0 amide bonds. The van der Waals surface area contributed by atoms with Crippen molar-refractivity contribution in [2.75, 3.05) is 23.8 Å². The molecule has 1 atom stereocenters. The molecule has 0 aromatic carbocycles. The summed E-state index contributed by atoms with van der Waals surface area (Å²) in [7, 11) is 1.86. The lowest BCUT2D eigenvalue weighted by Crippen LogP contribution is -2.34. The molecule has 18 heavy (non-hydrogen) atoms. The van der Waals surface area contributed by atoms with Crippen LogP contribution in [0.3, 0.4) is 0 Å². The Bertz CT molecular complexity index is 381. The molecule has 4 nitrogen and oxygen atoms in total. The summed E-state index contributed by atoms with van der Waals surface area (Å²) < 4.78 is 13.8. The summed E-state index contributed by atoms with van der Waals surface area (Å²) in [5.74, 6) is 0.879. The van der Waals surface area contributed by atoms with Crippen LogP contribution < -0.4 is 10.2 Å². The fourth-order valence-corrected chi connectivity index (χ4v) is 1.57. The molecule has 1 aromatic heterocycles. The van der Waals surface area contributed by atoms with E-state index in [0.29, 0.717) is 17.7 Å². The third kappa shape index (κ3) is 3.55. The highest BCUT2D eigenvalue weighted by molar-refractivity contribution is 5.44. The van der Waals surface area contributed by atoms with E-state index in [1.807, 2.05) is 11.9 Å². The first kappa shape index (κ1) is 14.7. The van der Waals surface area contributed by atoms with Gasteiger partial charge in [0.15, 0.2) is 11.6 Å². The van der Waals surface area contributed by atoms with E-state index in [4.69, 9.17) is 0 Å². The minimum atomic E-state index is -0.382. The van der Waals surface area contributed by atoms with Crippen molar-refractivity contribution < 1.29 is 4.39 Å². The SMILES string of the molecule is CCCNc1ncc(F)c(N(C)C(C)C(C)C)n1. The first-order chi connectivity index (χ1) is 8.47. The molecule has 0 aliphatic heterocycles. The number of anilines is 2. The van der Waals surface area contributed by atoms with E-state index in [9.17, 15) is 4.39 Å². The van der Waals surface area contributed by atoms with Gasteiger partial charge in [-0.15, -0.1) is 0 Å². The highest BCUT2D eigenvalue weighted by atomic mass is 19.1. The summed E-state index contributed by atoms with van der Waals surface area (Å²) in [5.41, 5.74) is 0. The number of hydrogen-bond acceptors (Lipinski definition) is 4. The molecule has 1 rings (SSSR count). The van der Waals surface area contributed by atoms with Gasteiger partial charge in [-0.1, -0.05) is 20.8 Å². The van der Waals surface area contributed by atoms with Crippen molar-refractivity contribution in [3.63, 3.8) is 0 Å². The van der Waals surface area contributed by atoms with Crippen LogP contribution in [0.25, 0.3) is 0 Å². The van der Waals surface area contributed by atoms with E-state index in [1.165, 1.54) is 6.20 Å². The monoisotopic (exact) mass is 254 g/mol. The van der Waals surface area contributed by atoms with Crippen molar-refractivity contribution in [3.05, 3.63) is 12.0 Å². The third-order valence-electron chi connectivity index (χ3n) is 3.17. The fraction of sp³-hybridized carbons (Fsp3) is 0.692. The van der Waals surface area contributed by atoms with Crippen LogP contribution in [-0.2, 0) is 0 Å². The van der Waals surface area contributed by atoms with Crippen LogP contribution in [-0.4, -0.2) is 29.6 Å². The molecule has 1 unspecified atom stereocenters. The molecule has 1 heterocycles.